The first-order chi connectivity index (χ1) is 7.72. The Bertz CT molecular complexity index is 605. The van der Waals surface area contributed by atoms with Crippen LogP contribution in [0.15, 0.2) is 18.7 Å². The normalized spacial score (nSPS) is 10.1. The van der Waals surface area contributed by atoms with E-state index in [1.54, 1.807) is 23.9 Å². The molecule has 2 rings (SSSR count). The molecule has 1 heterocycles. The summed E-state index contributed by atoms with van der Waals surface area (Å²) in [4.78, 5) is 3.43. The molecule has 0 unspecified atom stereocenters. The van der Waals surface area contributed by atoms with Gasteiger partial charge >= 0.3 is 0 Å². The molecule has 0 atom stereocenters. The minimum atomic E-state index is 0.492. The largest absolute Gasteiger partial charge is 0.507 e. The topological polar surface area (TPSA) is 31.4 Å². The molecule has 0 fully saturated rings. The fourth-order valence-corrected chi connectivity index (χ4v) is 1.78. The maximum atomic E-state index is 7.09. The number of rotatable bonds is 2. The first-order valence-electron chi connectivity index (χ1n) is 4.76. The first kappa shape index (κ1) is 10.2. The molecule has 0 radical (unpaired) electrons. The van der Waals surface area contributed by atoms with Crippen molar-refractivity contribution in [3.05, 3.63) is 35.8 Å². The highest BCUT2D eigenvalue weighted by Crippen LogP contribution is 2.37. The highest BCUT2D eigenvalue weighted by molar-refractivity contribution is 5.97. The second-order valence-electron chi connectivity index (χ2n) is 3.34. The van der Waals surface area contributed by atoms with Crippen LogP contribution in [-0.2, 0) is 7.05 Å². The van der Waals surface area contributed by atoms with Gasteiger partial charge in [-0.1, -0.05) is 12.6 Å². The van der Waals surface area contributed by atoms with Crippen LogP contribution in [0.3, 0.4) is 0 Å². The van der Waals surface area contributed by atoms with Crippen molar-refractivity contribution in [3.63, 3.8) is 0 Å². The van der Waals surface area contributed by atoms with Crippen LogP contribution >= 0.6 is 0 Å². The SMILES string of the molecule is [C-]#[N+]c1ccc2c(c(C=C)nn2C)c1OC. The molecular weight excluding hydrogens is 202 g/mol. The van der Waals surface area contributed by atoms with Gasteiger partial charge < -0.3 is 4.74 Å². The molecule has 0 bridgehead atoms. The Hall–Kier alpha value is -2.28. The van der Waals surface area contributed by atoms with E-state index in [1.807, 2.05) is 13.1 Å². The Morgan fingerprint density at radius 3 is 2.88 bits per heavy atom. The Morgan fingerprint density at radius 2 is 2.31 bits per heavy atom. The van der Waals surface area contributed by atoms with Gasteiger partial charge in [-0.05, 0) is 12.1 Å². The van der Waals surface area contributed by atoms with E-state index in [2.05, 4.69) is 16.5 Å². The third-order valence-corrected chi connectivity index (χ3v) is 2.50. The number of hydrogen-bond acceptors (Lipinski definition) is 2. The molecule has 80 valence electrons. The highest BCUT2D eigenvalue weighted by Gasteiger charge is 2.14. The molecule has 0 aliphatic heterocycles. The Kier molecular flexibility index (Phi) is 2.37. The summed E-state index contributed by atoms with van der Waals surface area (Å²) in [6.45, 7) is 10.8. The zero-order valence-electron chi connectivity index (χ0n) is 9.19. The summed E-state index contributed by atoms with van der Waals surface area (Å²) in [5.74, 6) is 0.565. The second-order valence-corrected chi connectivity index (χ2v) is 3.34. The highest BCUT2D eigenvalue weighted by atomic mass is 16.5. The molecule has 4 nitrogen and oxygen atoms in total. The Labute approximate surface area is 93.6 Å². The van der Waals surface area contributed by atoms with Crippen molar-refractivity contribution in [2.45, 2.75) is 0 Å². The van der Waals surface area contributed by atoms with Gasteiger partial charge in [0, 0.05) is 7.05 Å². The first-order valence-corrected chi connectivity index (χ1v) is 4.76. The standard InChI is InChI=1S/C12H11N3O/c1-5-8-11-10(15(3)14-8)7-6-9(13-2)12(11)16-4/h5-7H,1H2,3-4H3. The summed E-state index contributed by atoms with van der Waals surface area (Å²) < 4.78 is 7.04. The molecule has 0 aliphatic rings. The average molecular weight is 213 g/mol. The molecule has 16 heavy (non-hydrogen) atoms. The number of hydrogen-bond donors (Lipinski definition) is 0. The Balaban J connectivity index is 2.96. The number of ether oxygens (including phenoxy) is 1. The van der Waals surface area contributed by atoms with E-state index in [0.29, 0.717) is 11.4 Å². The molecule has 0 saturated heterocycles. The fourth-order valence-electron chi connectivity index (χ4n) is 1.78. The summed E-state index contributed by atoms with van der Waals surface area (Å²) in [7, 11) is 3.41. The van der Waals surface area contributed by atoms with Gasteiger partial charge in [0.2, 0.25) is 5.69 Å². The number of benzene rings is 1. The maximum Gasteiger partial charge on any atom is 0.228 e. The monoisotopic (exact) mass is 213 g/mol. The van der Waals surface area contributed by atoms with Crippen LogP contribution in [0, 0.1) is 6.57 Å². The number of aryl methyl sites for hydroxylation is 1. The molecule has 0 saturated carbocycles. The van der Waals surface area contributed by atoms with Gasteiger partial charge in [-0.25, -0.2) is 4.85 Å². The third-order valence-electron chi connectivity index (χ3n) is 2.50. The van der Waals surface area contributed by atoms with Gasteiger partial charge in [0.15, 0.2) is 0 Å². The summed E-state index contributed by atoms with van der Waals surface area (Å²) in [5, 5.41) is 5.15. The summed E-state index contributed by atoms with van der Waals surface area (Å²) in [6.07, 6.45) is 1.67. The second kappa shape index (κ2) is 3.70. The van der Waals surface area contributed by atoms with Gasteiger partial charge in [0.05, 0.1) is 30.3 Å². The third kappa shape index (κ3) is 1.26. The van der Waals surface area contributed by atoms with Gasteiger partial charge in [0.1, 0.15) is 5.75 Å². The molecular formula is C12H11N3O. The van der Waals surface area contributed by atoms with E-state index in [4.69, 9.17) is 11.3 Å². The zero-order chi connectivity index (χ0) is 11.7. The van der Waals surface area contributed by atoms with Gasteiger partial charge in [-0.2, -0.15) is 5.10 Å². The van der Waals surface area contributed by atoms with Crippen molar-refractivity contribution in [2.24, 2.45) is 7.05 Å². The summed E-state index contributed by atoms with van der Waals surface area (Å²) >= 11 is 0. The lowest BCUT2D eigenvalue weighted by molar-refractivity contribution is 0.422. The predicted octanol–water partition coefficient (Wildman–Crippen LogP) is 2.78. The van der Waals surface area contributed by atoms with Crippen LogP contribution in [0.5, 0.6) is 5.75 Å². The molecule has 4 heteroatoms. The summed E-state index contributed by atoms with van der Waals surface area (Å²) in [5.41, 5.74) is 2.16. The lowest BCUT2D eigenvalue weighted by Gasteiger charge is -2.04. The van der Waals surface area contributed by atoms with Gasteiger partial charge in [-0.15, -0.1) is 0 Å². The van der Waals surface area contributed by atoms with E-state index in [0.717, 1.165) is 16.6 Å². The van der Waals surface area contributed by atoms with Crippen molar-refractivity contribution in [1.29, 1.82) is 0 Å². The number of nitrogens with zero attached hydrogens (tertiary/aromatic N) is 3. The zero-order valence-corrected chi connectivity index (χ0v) is 9.19. The molecule has 1 aromatic heterocycles. The van der Waals surface area contributed by atoms with Crippen molar-refractivity contribution >= 4 is 22.7 Å². The van der Waals surface area contributed by atoms with Crippen LogP contribution in [0.25, 0.3) is 21.8 Å². The quantitative estimate of drug-likeness (QED) is 0.718. The van der Waals surface area contributed by atoms with E-state index < -0.39 is 0 Å². The van der Waals surface area contributed by atoms with Gasteiger partial charge in [0.25, 0.3) is 0 Å². The smallest absolute Gasteiger partial charge is 0.228 e. The van der Waals surface area contributed by atoms with Crippen LogP contribution < -0.4 is 4.74 Å². The van der Waals surface area contributed by atoms with Crippen LogP contribution in [0.1, 0.15) is 5.69 Å². The van der Waals surface area contributed by atoms with Crippen molar-refractivity contribution < 1.29 is 4.74 Å². The van der Waals surface area contributed by atoms with E-state index in [-0.39, 0.29) is 0 Å². The maximum absolute atomic E-state index is 7.09. The minimum Gasteiger partial charge on any atom is -0.507 e. The number of aromatic nitrogens is 2. The average Bonchev–Trinajstić information content (AvgIpc) is 2.65. The van der Waals surface area contributed by atoms with Crippen molar-refractivity contribution in [2.75, 3.05) is 7.11 Å². The number of fused-ring (bicyclic) bond motifs is 1. The van der Waals surface area contributed by atoms with E-state index in [1.165, 1.54) is 0 Å². The molecule has 0 amide bonds. The number of methoxy groups -OCH3 is 1. The predicted molar refractivity (Wildman–Crippen MR) is 63.6 cm³/mol. The lowest BCUT2D eigenvalue weighted by atomic mass is 10.1. The van der Waals surface area contributed by atoms with Crippen LogP contribution in [-0.4, -0.2) is 16.9 Å². The molecule has 0 spiro atoms. The molecule has 0 aliphatic carbocycles. The molecule has 0 N–H and O–H groups in total. The fraction of sp³-hybridized carbons (Fsp3) is 0.167. The lowest BCUT2D eigenvalue weighted by Crippen LogP contribution is -1.89. The van der Waals surface area contributed by atoms with E-state index in [9.17, 15) is 0 Å². The van der Waals surface area contributed by atoms with E-state index >= 15 is 0 Å². The molecule has 2 aromatic rings. The van der Waals surface area contributed by atoms with Crippen molar-refractivity contribution in [3.8, 4) is 5.75 Å². The summed E-state index contributed by atoms with van der Waals surface area (Å²) in [6, 6.07) is 3.61. The molecule has 1 aromatic carbocycles. The van der Waals surface area contributed by atoms with Crippen LogP contribution in [0.4, 0.5) is 5.69 Å². The van der Waals surface area contributed by atoms with Crippen molar-refractivity contribution in [1.82, 2.24) is 9.78 Å². The van der Waals surface area contributed by atoms with Crippen LogP contribution in [0.2, 0.25) is 0 Å². The van der Waals surface area contributed by atoms with Gasteiger partial charge in [-0.3, -0.25) is 4.68 Å². The minimum absolute atomic E-state index is 0.492. The Morgan fingerprint density at radius 1 is 1.56 bits per heavy atom.